The van der Waals surface area contributed by atoms with E-state index in [-0.39, 0.29) is 22.9 Å². The predicted molar refractivity (Wildman–Crippen MR) is 87.7 cm³/mol. The van der Waals surface area contributed by atoms with Crippen molar-refractivity contribution >= 4 is 23.2 Å². The molecule has 130 valence electrons. The molecule has 1 aromatic rings. The summed E-state index contributed by atoms with van der Waals surface area (Å²) in [6, 6.07) is 4.41. The lowest BCUT2D eigenvalue weighted by Gasteiger charge is -2.26. The number of hydrogen-bond donors (Lipinski definition) is 1. The van der Waals surface area contributed by atoms with Gasteiger partial charge >= 0.3 is 0 Å². The van der Waals surface area contributed by atoms with Crippen LogP contribution in [0.15, 0.2) is 23.4 Å². The normalized spacial score (nSPS) is 21.2. The van der Waals surface area contributed by atoms with Crippen LogP contribution in [-0.4, -0.2) is 62.0 Å². The number of amides is 1. The van der Waals surface area contributed by atoms with Gasteiger partial charge < -0.3 is 14.9 Å². The van der Waals surface area contributed by atoms with Gasteiger partial charge in [-0.1, -0.05) is 22.8 Å². The zero-order chi connectivity index (χ0) is 16.9. The third-order valence-electron chi connectivity index (χ3n) is 4.04. The summed E-state index contributed by atoms with van der Waals surface area (Å²) in [4.78, 5) is 19.5. The highest BCUT2D eigenvalue weighted by Gasteiger charge is 2.31. The number of carbonyl (C=O) groups excluding carboxylic acids is 1. The van der Waals surface area contributed by atoms with Crippen molar-refractivity contribution in [2.75, 3.05) is 39.4 Å². The van der Waals surface area contributed by atoms with Crippen LogP contribution in [0.5, 0.6) is 0 Å². The smallest absolute Gasteiger partial charge is 0.264 e. The lowest BCUT2D eigenvalue weighted by atomic mass is 10.0. The molecular formula is C16H19ClFN3O3. The maximum Gasteiger partial charge on any atom is 0.264 e. The SMILES string of the molecule is O=C(NCCN1CCOCC1)C1CC(c2c(F)cccc2Cl)=NO1. The van der Waals surface area contributed by atoms with E-state index in [0.717, 1.165) is 32.8 Å². The van der Waals surface area contributed by atoms with Crippen molar-refractivity contribution in [2.24, 2.45) is 5.16 Å². The van der Waals surface area contributed by atoms with Gasteiger partial charge in [0.25, 0.3) is 5.91 Å². The van der Waals surface area contributed by atoms with Crippen molar-refractivity contribution < 1.29 is 18.8 Å². The highest BCUT2D eigenvalue weighted by atomic mass is 35.5. The maximum atomic E-state index is 13.9. The summed E-state index contributed by atoms with van der Waals surface area (Å²) in [6.45, 7) is 4.47. The third kappa shape index (κ3) is 4.03. The molecule has 1 aromatic carbocycles. The first-order chi connectivity index (χ1) is 11.6. The highest BCUT2D eigenvalue weighted by Crippen LogP contribution is 2.25. The summed E-state index contributed by atoms with van der Waals surface area (Å²) < 4.78 is 19.2. The molecule has 24 heavy (non-hydrogen) atoms. The number of rotatable bonds is 5. The molecule has 2 aliphatic rings. The van der Waals surface area contributed by atoms with E-state index in [0.29, 0.717) is 12.3 Å². The van der Waals surface area contributed by atoms with Crippen LogP contribution >= 0.6 is 11.6 Å². The summed E-state index contributed by atoms with van der Waals surface area (Å²) in [5.74, 6) is -0.729. The molecule has 0 spiro atoms. The number of nitrogens with zero attached hydrogens (tertiary/aromatic N) is 2. The first-order valence-electron chi connectivity index (χ1n) is 7.90. The second kappa shape index (κ2) is 7.92. The number of oxime groups is 1. The molecule has 1 unspecified atom stereocenters. The van der Waals surface area contributed by atoms with E-state index in [1.807, 2.05) is 0 Å². The highest BCUT2D eigenvalue weighted by molar-refractivity contribution is 6.34. The quantitative estimate of drug-likeness (QED) is 0.867. The van der Waals surface area contributed by atoms with E-state index in [9.17, 15) is 9.18 Å². The van der Waals surface area contributed by atoms with Crippen LogP contribution in [-0.2, 0) is 14.4 Å². The summed E-state index contributed by atoms with van der Waals surface area (Å²) in [5.41, 5.74) is 0.550. The number of hydrogen-bond acceptors (Lipinski definition) is 5. The van der Waals surface area contributed by atoms with E-state index in [1.165, 1.54) is 12.1 Å². The molecule has 2 heterocycles. The maximum absolute atomic E-state index is 13.9. The van der Waals surface area contributed by atoms with Crippen LogP contribution in [0.1, 0.15) is 12.0 Å². The van der Waals surface area contributed by atoms with Crippen molar-refractivity contribution in [1.82, 2.24) is 10.2 Å². The standard InChI is InChI=1S/C16H19ClFN3O3/c17-11-2-1-3-12(18)15(11)13-10-14(24-20-13)16(22)19-4-5-21-6-8-23-9-7-21/h1-3,14H,4-10H2,(H,19,22). The van der Waals surface area contributed by atoms with E-state index in [2.05, 4.69) is 15.4 Å². The number of benzene rings is 1. The van der Waals surface area contributed by atoms with E-state index in [4.69, 9.17) is 21.2 Å². The van der Waals surface area contributed by atoms with Crippen LogP contribution in [0.4, 0.5) is 4.39 Å². The molecule has 1 N–H and O–H groups in total. The molecule has 0 aliphatic carbocycles. The van der Waals surface area contributed by atoms with Gasteiger partial charge in [-0.3, -0.25) is 9.69 Å². The van der Waals surface area contributed by atoms with Gasteiger partial charge in [0.1, 0.15) is 5.82 Å². The van der Waals surface area contributed by atoms with Crippen LogP contribution in [0, 0.1) is 5.82 Å². The van der Waals surface area contributed by atoms with Crippen LogP contribution in [0.2, 0.25) is 5.02 Å². The topological polar surface area (TPSA) is 63.2 Å². The zero-order valence-electron chi connectivity index (χ0n) is 13.1. The van der Waals surface area contributed by atoms with E-state index >= 15 is 0 Å². The van der Waals surface area contributed by atoms with Crippen molar-refractivity contribution in [3.8, 4) is 0 Å². The van der Waals surface area contributed by atoms with Crippen LogP contribution in [0.3, 0.4) is 0 Å². The molecule has 1 amide bonds. The van der Waals surface area contributed by atoms with Gasteiger partial charge in [0.15, 0.2) is 0 Å². The first-order valence-corrected chi connectivity index (χ1v) is 8.28. The Bertz CT molecular complexity index is 615. The fourth-order valence-electron chi connectivity index (χ4n) is 2.71. The second-order valence-electron chi connectivity index (χ2n) is 5.68. The number of morpholine rings is 1. The Morgan fingerprint density at radius 3 is 2.96 bits per heavy atom. The van der Waals surface area contributed by atoms with E-state index in [1.54, 1.807) is 6.07 Å². The monoisotopic (exact) mass is 355 g/mol. The Balaban J connectivity index is 1.48. The summed E-state index contributed by atoms with van der Waals surface area (Å²) in [7, 11) is 0. The second-order valence-corrected chi connectivity index (χ2v) is 6.09. The lowest BCUT2D eigenvalue weighted by Crippen LogP contribution is -2.43. The fourth-order valence-corrected chi connectivity index (χ4v) is 2.99. The van der Waals surface area contributed by atoms with Crippen molar-refractivity contribution in [3.63, 3.8) is 0 Å². The largest absolute Gasteiger partial charge is 0.382 e. The van der Waals surface area contributed by atoms with Gasteiger partial charge in [0.2, 0.25) is 6.10 Å². The number of carbonyl (C=O) groups is 1. The Kier molecular flexibility index (Phi) is 5.65. The Labute approximate surface area is 144 Å². The van der Waals surface area contributed by atoms with Gasteiger partial charge in [0, 0.05) is 32.6 Å². The third-order valence-corrected chi connectivity index (χ3v) is 4.36. The Morgan fingerprint density at radius 2 is 2.21 bits per heavy atom. The molecule has 0 radical (unpaired) electrons. The van der Waals surface area contributed by atoms with Gasteiger partial charge in [0.05, 0.1) is 29.5 Å². The Morgan fingerprint density at radius 1 is 1.42 bits per heavy atom. The van der Waals surface area contributed by atoms with Crippen molar-refractivity contribution in [1.29, 1.82) is 0 Å². The molecule has 0 saturated carbocycles. The van der Waals surface area contributed by atoms with E-state index < -0.39 is 11.9 Å². The summed E-state index contributed by atoms with van der Waals surface area (Å²) in [5, 5.41) is 6.91. The molecule has 2 aliphatic heterocycles. The number of nitrogens with one attached hydrogen (secondary N) is 1. The average Bonchev–Trinajstić information content (AvgIpc) is 3.05. The number of halogens is 2. The molecule has 1 saturated heterocycles. The summed E-state index contributed by atoms with van der Waals surface area (Å²) >= 11 is 6.01. The zero-order valence-corrected chi connectivity index (χ0v) is 13.9. The average molecular weight is 356 g/mol. The van der Waals surface area contributed by atoms with Gasteiger partial charge in [-0.2, -0.15) is 0 Å². The molecule has 6 nitrogen and oxygen atoms in total. The minimum Gasteiger partial charge on any atom is -0.382 e. The fraction of sp³-hybridized carbons (Fsp3) is 0.500. The van der Waals surface area contributed by atoms with Crippen LogP contribution in [0.25, 0.3) is 0 Å². The summed E-state index contributed by atoms with van der Waals surface area (Å²) in [6.07, 6.45) is -0.551. The first kappa shape index (κ1) is 17.1. The molecular weight excluding hydrogens is 337 g/mol. The van der Waals surface area contributed by atoms with Gasteiger partial charge in [-0.25, -0.2) is 4.39 Å². The molecule has 3 rings (SSSR count). The lowest BCUT2D eigenvalue weighted by molar-refractivity contribution is -0.131. The minimum absolute atomic E-state index is 0.197. The molecule has 8 heteroatoms. The van der Waals surface area contributed by atoms with Gasteiger partial charge in [-0.15, -0.1) is 0 Å². The molecule has 0 aromatic heterocycles. The number of ether oxygens (including phenoxy) is 1. The molecule has 1 atom stereocenters. The van der Waals surface area contributed by atoms with Crippen molar-refractivity contribution in [2.45, 2.75) is 12.5 Å². The van der Waals surface area contributed by atoms with Crippen LogP contribution < -0.4 is 5.32 Å². The van der Waals surface area contributed by atoms with Gasteiger partial charge in [-0.05, 0) is 12.1 Å². The predicted octanol–water partition coefficient (Wildman–Crippen LogP) is 1.42. The Hall–Kier alpha value is -1.70. The molecule has 0 bridgehead atoms. The molecule has 1 fully saturated rings. The van der Waals surface area contributed by atoms with Crippen molar-refractivity contribution in [3.05, 3.63) is 34.6 Å². The minimum atomic E-state index is -0.750.